The van der Waals surface area contributed by atoms with Crippen LogP contribution in [0.2, 0.25) is 0 Å². The molecule has 1 amide bonds. The van der Waals surface area contributed by atoms with Crippen LogP contribution in [0.15, 0.2) is 29.4 Å². The largest absolute Gasteiger partial charge is 0.474 e. The Labute approximate surface area is 194 Å². The Morgan fingerprint density at radius 2 is 1.88 bits per heavy atom. The molecule has 0 aliphatic carbocycles. The fraction of sp³-hybridized carbons (Fsp3) is 0.522. The van der Waals surface area contributed by atoms with E-state index in [0.29, 0.717) is 43.8 Å². The van der Waals surface area contributed by atoms with Crippen molar-refractivity contribution in [2.24, 2.45) is 0 Å². The maximum atomic E-state index is 14.4. The van der Waals surface area contributed by atoms with Crippen LogP contribution in [0.3, 0.4) is 0 Å². The fourth-order valence-electron chi connectivity index (χ4n) is 3.60. The molecule has 33 heavy (non-hydrogen) atoms. The van der Waals surface area contributed by atoms with Gasteiger partial charge in [-0.05, 0) is 31.5 Å². The SMILES string of the molecule is CCCCCC(=O)N1CCC(Oc2ncnc(Oc3ccc(S(C)(=O)=O)cc3F)c2C)CC1. The van der Waals surface area contributed by atoms with Crippen LogP contribution >= 0.6 is 0 Å². The van der Waals surface area contributed by atoms with E-state index in [1.807, 2.05) is 4.90 Å². The number of likely N-dealkylation sites (tertiary alicyclic amines) is 1. The molecule has 1 fully saturated rings. The molecule has 0 bridgehead atoms. The highest BCUT2D eigenvalue weighted by Gasteiger charge is 2.25. The number of carbonyl (C=O) groups excluding carboxylic acids is 1. The summed E-state index contributed by atoms with van der Waals surface area (Å²) in [6.45, 7) is 5.10. The zero-order valence-electron chi connectivity index (χ0n) is 19.2. The lowest BCUT2D eigenvalue weighted by molar-refractivity contribution is -0.133. The lowest BCUT2D eigenvalue weighted by atomic mass is 10.1. The zero-order chi connectivity index (χ0) is 24.0. The summed E-state index contributed by atoms with van der Waals surface area (Å²) >= 11 is 0. The van der Waals surface area contributed by atoms with E-state index in [2.05, 4.69) is 16.9 Å². The van der Waals surface area contributed by atoms with Gasteiger partial charge in [0.15, 0.2) is 21.4 Å². The van der Waals surface area contributed by atoms with Crippen molar-refractivity contribution in [1.82, 2.24) is 14.9 Å². The van der Waals surface area contributed by atoms with Crippen LogP contribution in [0.1, 0.15) is 51.0 Å². The van der Waals surface area contributed by atoms with Gasteiger partial charge >= 0.3 is 0 Å². The molecule has 0 unspecified atom stereocenters. The molecule has 1 saturated heterocycles. The first-order chi connectivity index (χ1) is 15.7. The van der Waals surface area contributed by atoms with Gasteiger partial charge in [0, 0.05) is 38.6 Å². The summed E-state index contributed by atoms with van der Waals surface area (Å²) in [5.74, 6) is -0.311. The normalized spacial score (nSPS) is 14.8. The summed E-state index contributed by atoms with van der Waals surface area (Å²) in [5.41, 5.74) is 0.502. The van der Waals surface area contributed by atoms with Gasteiger partial charge < -0.3 is 14.4 Å². The van der Waals surface area contributed by atoms with Crippen molar-refractivity contribution in [1.29, 1.82) is 0 Å². The van der Waals surface area contributed by atoms with Gasteiger partial charge in [-0.2, -0.15) is 0 Å². The molecule has 0 radical (unpaired) electrons. The van der Waals surface area contributed by atoms with Gasteiger partial charge in [0.25, 0.3) is 0 Å². The predicted octanol–water partition coefficient (Wildman–Crippen LogP) is 4.07. The topological polar surface area (TPSA) is 98.7 Å². The Morgan fingerprint density at radius 3 is 2.52 bits per heavy atom. The van der Waals surface area contributed by atoms with Gasteiger partial charge in [0.1, 0.15) is 12.4 Å². The van der Waals surface area contributed by atoms with Crippen LogP contribution in [-0.2, 0) is 14.6 Å². The Morgan fingerprint density at radius 1 is 1.18 bits per heavy atom. The number of sulfone groups is 1. The van der Waals surface area contributed by atoms with Crippen molar-refractivity contribution in [2.75, 3.05) is 19.3 Å². The molecule has 2 aromatic rings. The van der Waals surface area contributed by atoms with E-state index in [9.17, 15) is 17.6 Å². The number of carbonyl (C=O) groups is 1. The number of hydrogen-bond donors (Lipinski definition) is 0. The predicted molar refractivity (Wildman–Crippen MR) is 121 cm³/mol. The molecule has 1 aliphatic rings. The first-order valence-corrected chi connectivity index (χ1v) is 13.0. The van der Waals surface area contributed by atoms with Gasteiger partial charge in [-0.1, -0.05) is 19.8 Å². The average Bonchev–Trinajstić information content (AvgIpc) is 2.77. The second-order valence-corrected chi connectivity index (χ2v) is 10.2. The van der Waals surface area contributed by atoms with Crippen LogP contribution in [-0.4, -0.2) is 54.6 Å². The lowest BCUT2D eigenvalue weighted by Crippen LogP contribution is -2.41. The van der Waals surface area contributed by atoms with Crippen molar-refractivity contribution in [3.05, 3.63) is 35.9 Å². The summed E-state index contributed by atoms with van der Waals surface area (Å²) < 4.78 is 49.2. The first-order valence-electron chi connectivity index (χ1n) is 11.1. The van der Waals surface area contributed by atoms with E-state index in [0.717, 1.165) is 31.6 Å². The molecule has 10 heteroatoms. The Kier molecular flexibility index (Phi) is 8.23. The molecular weight excluding hydrogens is 449 g/mol. The molecule has 3 rings (SSSR count). The Hall–Kier alpha value is -2.75. The van der Waals surface area contributed by atoms with Crippen LogP contribution in [0.4, 0.5) is 4.39 Å². The smallest absolute Gasteiger partial charge is 0.229 e. The summed E-state index contributed by atoms with van der Waals surface area (Å²) in [5, 5.41) is 0. The number of nitrogens with zero attached hydrogens (tertiary/aromatic N) is 3. The molecular formula is C23H30FN3O5S. The Bertz CT molecular complexity index is 1090. The van der Waals surface area contributed by atoms with Crippen LogP contribution in [0.25, 0.3) is 0 Å². The van der Waals surface area contributed by atoms with Crippen molar-refractivity contribution < 1.29 is 27.1 Å². The zero-order valence-corrected chi connectivity index (χ0v) is 20.0. The molecule has 0 spiro atoms. The Balaban J connectivity index is 1.62. The number of unbranched alkanes of at least 4 members (excludes halogenated alkanes) is 2. The van der Waals surface area contributed by atoms with Gasteiger partial charge in [-0.25, -0.2) is 22.8 Å². The molecule has 1 aromatic heterocycles. The fourth-order valence-corrected chi connectivity index (χ4v) is 4.24. The van der Waals surface area contributed by atoms with Crippen molar-refractivity contribution >= 4 is 15.7 Å². The molecule has 1 aromatic carbocycles. The van der Waals surface area contributed by atoms with Gasteiger partial charge in [-0.15, -0.1) is 0 Å². The summed E-state index contributed by atoms with van der Waals surface area (Å²) in [6, 6.07) is 3.44. The summed E-state index contributed by atoms with van der Waals surface area (Å²) in [4.78, 5) is 22.3. The monoisotopic (exact) mass is 479 g/mol. The first kappa shape index (κ1) is 24.9. The number of rotatable bonds is 9. The molecule has 2 heterocycles. The van der Waals surface area contributed by atoms with E-state index < -0.39 is 15.7 Å². The van der Waals surface area contributed by atoms with Crippen LogP contribution < -0.4 is 9.47 Å². The summed E-state index contributed by atoms with van der Waals surface area (Å²) in [7, 11) is -3.53. The maximum Gasteiger partial charge on any atom is 0.229 e. The minimum Gasteiger partial charge on any atom is -0.474 e. The number of ether oxygens (including phenoxy) is 2. The number of hydrogen-bond acceptors (Lipinski definition) is 7. The number of halogens is 1. The third-order valence-corrected chi connectivity index (χ3v) is 6.71. The van der Waals surface area contributed by atoms with Crippen LogP contribution in [0.5, 0.6) is 17.5 Å². The molecule has 0 saturated carbocycles. The van der Waals surface area contributed by atoms with Gasteiger partial charge in [-0.3, -0.25) is 4.79 Å². The van der Waals surface area contributed by atoms with E-state index in [1.165, 1.54) is 18.5 Å². The highest BCUT2D eigenvalue weighted by atomic mass is 32.2. The number of piperidine rings is 1. The third kappa shape index (κ3) is 6.63. The van der Waals surface area contributed by atoms with Crippen molar-refractivity contribution in [3.8, 4) is 17.5 Å². The molecule has 8 nitrogen and oxygen atoms in total. The molecule has 0 N–H and O–H groups in total. The van der Waals surface area contributed by atoms with Gasteiger partial charge in [0.2, 0.25) is 17.7 Å². The quantitative estimate of drug-likeness (QED) is 0.500. The minimum absolute atomic E-state index is 0.100. The standard InChI is InChI=1S/C23H30FN3O5S/c1-4-5-6-7-21(28)27-12-10-17(11-13-27)31-22-16(2)23(26-15-25-22)32-20-9-8-18(14-19(20)24)33(3,29)30/h8-9,14-15,17H,4-7,10-13H2,1-3H3. The summed E-state index contributed by atoms with van der Waals surface area (Å²) in [6.07, 6.45) is 7.23. The van der Waals surface area contributed by atoms with E-state index >= 15 is 0 Å². The number of amides is 1. The van der Waals surface area contributed by atoms with Crippen molar-refractivity contribution in [3.63, 3.8) is 0 Å². The van der Waals surface area contributed by atoms with Crippen molar-refractivity contribution in [2.45, 2.75) is 63.4 Å². The molecule has 0 atom stereocenters. The molecule has 180 valence electrons. The maximum absolute atomic E-state index is 14.4. The second kappa shape index (κ2) is 10.9. The van der Waals surface area contributed by atoms with E-state index in [1.54, 1.807) is 6.92 Å². The van der Waals surface area contributed by atoms with E-state index in [-0.39, 0.29) is 28.5 Å². The lowest BCUT2D eigenvalue weighted by Gasteiger charge is -2.32. The van der Waals surface area contributed by atoms with Gasteiger partial charge in [0.05, 0.1) is 10.5 Å². The third-order valence-electron chi connectivity index (χ3n) is 5.60. The number of aromatic nitrogens is 2. The van der Waals surface area contributed by atoms with E-state index in [4.69, 9.17) is 9.47 Å². The number of benzene rings is 1. The highest BCUT2D eigenvalue weighted by molar-refractivity contribution is 7.90. The highest BCUT2D eigenvalue weighted by Crippen LogP contribution is 2.31. The average molecular weight is 480 g/mol. The minimum atomic E-state index is -3.53. The molecule has 1 aliphatic heterocycles. The second-order valence-electron chi connectivity index (χ2n) is 8.23. The van der Waals surface area contributed by atoms with Crippen LogP contribution in [0, 0.1) is 12.7 Å².